The third-order valence-electron chi connectivity index (χ3n) is 2.80. The molecule has 1 fully saturated rings. The summed E-state index contributed by atoms with van der Waals surface area (Å²) in [4.78, 5) is -0.771. The highest BCUT2D eigenvalue weighted by molar-refractivity contribution is 7.89. The number of nitriles is 1. The molecular weight excluding hydrogens is 262 g/mol. The average molecular weight is 272 g/mol. The van der Waals surface area contributed by atoms with Gasteiger partial charge in [-0.2, -0.15) is 9.98 Å². The van der Waals surface area contributed by atoms with E-state index in [4.69, 9.17) is 5.26 Å². The van der Waals surface area contributed by atoms with Crippen LogP contribution in [0.25, 0.3) is 0 Å². The highest BCUT2D eigenvalue weighted by Gasteiger charge is 2.47. The Morgan fingerprint density at radius 1 is 1.33 bits per heavy atom. The molecule has 0 unspecified atom stereocenters. The summed E-state index contributed by atoms with van der Waals surface area (Å²) in [6, 6.07) is 3.26. The lowest BCUT2D eigenvalue weighted by atomic mass is 10.2. The van der Waals surface area contributed by atoms with E-state index in [9.17, 15) is 17.2 Å². The van der Waals surface area contributed by atoms with Crippen LogP contribution in [0.4, 0.5) is 8.78 Å². The van der Waals surface area contributed by atoms with Gasteiger partial charge in [0, 0.05) is 0 Å². The summed E-state index contributed by atoms with van der Waals surface area (Å²) in [5, 5.41) is 8.79. The average Bonchev–Trinajstić information content (AvgIpc) is 3.03. The van der Waals surface area contributed by atoms with Gasteiger partial charge >= 0.3 is 0 Å². The Balaban J connectivity index is 2.43. The van der Waals surface area contributed by atoms with Crippen LogP contribution in [0, 0.1) is 29.9 Å². The summed E-state index contributed by atoms with van der Waals surface area (Å²) in [7, 11) is -4.22. The van der Waals surface area contributed by atoms with E-state index in [1.165, 1.54) is 6.92 Å². The van der Waals surface area contributed by atoms with Gasteiger partial charge < -0.3 is 0 Å². The molecule has 0 atom stereocenters. The first-order valence-corrected chi connectivity index (χ1v) is 6.69. The van der Waals surface area contributed by atoms with Gasteiger partial charge in [0.25, 0.3) is 0 Å². The van der Waals surface area contributed by atoms with E-state index in [0.29, 0.717) is 18.9 Å². The molecule has 0 aromatic heterocycles. The van der Waals surface area contributed by atoms with Crippen LogP contribution in [0.5, 0.6) is 0 Å². The van der Waals surface area contributed by atoms with E-state index in [0.717, 1.165) is 6.07 Å². The second kappa shape index (κ2) is 4.00. The topological polar surface area (TPSA) is 70.0 Å². The van der Waals surface area contributed by atoms with Crippen molar-refractivity contribution in [1.29, 1.82) is 5.26 Å². The summed E-state index contributed by atoms with van der Waals surface area (Å²) in [6.07, 6.45) is 0.747. The van der Waals surface area contributed by atoms with Gasteiger partial charge in [0.1, 0.15) is 22.1 Å². The maximum atomic E-state index is 13.6. The summed E-state index contributed by atoms with van der Waals surface area (Å²) in [5.74, 6) is -1.84. The van der Waals surface area contributed by atoms with E-state index in [1.807, 2.05) is 6.07 Å². The molecule has 18 heavy (non-hydrogen) atoms. The smallest absolute Gasteiger partial charge is 0.207 e. The third-order valence-corrected chi connectivity index (χ3v) is 4.35. The molecule has 0 aliphatic heterocycles. The molecule has 0 radical (unpaired) electrons. The molecule has 4 nitrogen and oxygen atoms in total. The molecule has 1 aliphatic rings. The molecule has 0 saturated heterocycles. The highest BCUT2D eigenvalue weighted by atomic mass is 32.2. The van der Waals surface area contributed by atoms with E-state index in [1.54, 1.807) is 0 Å². The zero-order valence-electron chi connectivity index (χ0n) is 9.50. The van der Waals surface area contributed by atoms with Crippen molar-refractivity contribution in [1.82, 2.24) is 4.72 Å². The maximum absolute atomic E-state index is 13.6. The Hall–Kier alpha value is -1.52. The quantitative estimate of drug-likeness (QED) is 0.908. The van der Waals surface area contributed by atoms with Crippen LogP contribution in [0.15, 0.2) is 17.0 Å². The molecular formula is C11H10F2N2O2S. The molecule has 0 bridgehead atoms. The molecule has 0 heterocycles. The SMILES string of the molecule is Cc1cc(F)c(S(=O)(=O)NC2(C#N)CC2)cc1F. The fourth-order valence-corrected chi connectivity index (χ4v) is 2.96. The minimum atomic E-state index is -4.22. The van der Waals surface area contributed by atoms with Crippen molar-refractivity contribution >= 4 is 10.0 Å². The molecule has 96 valence electrons. The van der Waals surface area contributed by atoms with E-state index in [2.05, 4.69) is 4.72 Å². The minimum Gasteiger partial charge on any atom is -0.207 e. The highest BCUT2D eigenvalue weighted by Crippen LogP contribution is 2.36. The molecule has 1 aliphatic carbocycles. The van der Waals surface area contributed by atoms with Gasteiger partial charge in [-0.3, -0.25) is 0 Å². The lowest BCUT2D eigenvalue weighted by molar-refractivity contribution is 0.537. The van der Waals surface area contributed by atoms with Crippen LogP contribution in [-0.4, -0.2) is 14.0 Å². The number of benzene rings is 1. The summed E-state index contributed by atoms with van der Waals surface area (Å²) >= 11 is 0. The number of hydrogen-bond acceptors (Lipinski definition) is 3. The van der Waals surface area contributed by atoms with Gasteiger partial charge in [0.05, 0.1) is 6.07 Å². The predicted octanol–water partition coefficient (Wildman–Crippen LogP) is 1.61. The van der Waals surface area contributed by atoms with Crippen molar-refractivity contribution in [2.75, 3.05) is 0 Å². The predicted molar refractivity (Wildman–Crippen MR) is 59.0 cm³/mol. The van der Waals surface area contributed by atoms with Gasteiger partial charge in [-0.15, -0.1) is 0 Å². The Morgan fingerprint density at radius 2 is 1.94 bits per heavy atom. The van der Waals surface area contributed by atoms with E-state index in [-0.39, 0.29) is 5.56 Å². The summed E-state index contributed by atoms with van der Waals surface area (Å²) in [5.41, 5.74) is -1.14. The fraction of sp³-hybridized carbons (Fsp3) is 0.364. The first kappa shape index (κ1) is 12.9. The third kappa shape index (κ3) is 2.21. The first-order valence-electron chi connectivity index (χ1n) is 5.20. The number of nitrogens with zero attached hydrogens (tertiary/aromatic N) is 1. The van der Waals surface area contributed by atoms with Crippen molar-refractivity contribution in [2.45, 2.75) is 30.2 Å². The molecule has 1 aromatic carbocycles. The van der Waals surface area contributed by atoms with Gasteiger partial charge in [-0.05, 0) is 37.5 Å². The zero-order valence-corrected chi connectivity index (χ0v) is 10.3. The van der Waals surface area contributed by atoms with Crippen molar-refractivity contribution in [3.8, 4) is 6.07 Å². The summed E-state index contributed by atoms with van der Waals surface area (Å²) in [6.45, 7) is 1.33. The largest absolute Gasteiger partial charge is 0.244 e. The molecule has 0 amide bonds. The Bertz CT molecular complexity index is 646. The minimum absolute atomic E-state index is 0.0212. The molecule has 7 heteroatoms. The maximum Gasteiger partial charge on any atom is 0.244 e. The second-order valence-electron chi connectivity index (χ2n) is 4.33. The number of aryl methyl sites for hydroxylation is 1. The van der Waals surface area contributed by atoms with Crippen LogP contribution in [-0.2, 0) is 10.0 Å². The molecule has 2 rings (SSSR count). The van der Waals surface area contributed by atoms with Gasteiger partial charge in [-0.1, -0.05) is 0 Å². The monoisotopic (exact) mass is 272 g/mol. The fourth-order valence-electron chi connectivity index (χ4n) is 1.51. The normalized spacial score (nSPS) is 17.2. The summed E-state index contributed by atoms with van der Waals surface area (Å²) < 4.78 is 52.7. The van der Waals surface area contributed by atoms with Crippen LogP contribution >= 0.6 is 0 Å². The van der Waals surface area contributed by atoms with Crippen LogP contribution < -0.4 is 4.72 Å². The Morgan fingerprint density at radius 3 is 2.44 bits per heavy atom. The standard InChI is InChI=1S/C11H10F2N2O2S/c1-7-4-9(13)10(5-8(7)12)18(16,17)15-11(6-14)2-3-11/h4-5,15H,2-3H2,1H3. The molecule has 0 spiro atoms. The number of hydrogen-bond donors (Lipinski definition) is 1. The van der Waals surface area contributed by atoms with E-state index >= 15 is 0 Å². The lowest BCUT2D eigenvalue weighted by Gasteiger charge is -2.11. The van der Waals surface area contributed by atoms with Crippen molar-refractivity contribution in [3.63, 3.8) is 0 Å². The molecule has 1 saturated carbocycles. The second-order valence-corrected chi connectivity index (χ2v) is 5.98. The van der Waals surface area contributed by atoms with Crippen molar-refractivity contribution in [3.05, 3.63) is 29.3 Å². The molecule has 1 N–H and O–H groups in total. The van der Waals surface area contributed by atoms with Crippen LogP contribution in [0.3, 0.4) is 0 Å². The number of nitrogens with one attached hydrogen (secondary N) is 1. The Labute approximate surface area is 103 Å². The zero-order chi connectivity index (χ0) is 13.6. The lowest BCUT2D eigenvalue weighted by Crippen LogP contribution is -2.36. The van der Waals surface area contributed by atoms with Gasteiger partial charge in [0.2, 0.25) is 10.0 Å². The van der Waals surface area contributed by atoms with Gasteiger partial charge in [0.15, 0.2) is 0 Å². The van der Waals surface area contributed by atoms with Gasteiger partial charge in [-0.25, -0.2) is 17.2 Å². The van der Waals surface area contributed by atoms with E-state index < -0.39 is 32.1 Å². The van der Waals surface area contributed by atoms with Crippen molar-refractivity contribution < 1.29 is 17.2 Å². The first-order chi connectivity index (χ1) is 8.30. The van der Waals surface area contributed by atoms with Crippen molar-refractivity contribution in [2.24, 2.45) is 0 Å². The molecule has 1 aromatic rings. The van der Waals surface area contributed by atoms with Crippen LogP contribution in [0.1, 0.15) is 18.4 Å². The number of rotatable bonds is 3. The number of sulfonamides is 1. The number of halogens is 2. The van der Waals surface area contributed by atoms with Crippen LogP contribution in [0.2, 0.25) is 0 Å². The Kier molecular flexibility index (Phi) is 2.87.